The quantitative estimate of drug-likeness (QED) is 0.677. The van der Waals surface area contributed by atoms with Crippen LogP contribution in [0.3, 0.4) is 0 Å². The van der Waals surface area contributed by atoms with Gasteiger partial charge in [-0.05, 0) is 24.7 Å². The molecule has 2 rings (SSSR count). The molecular weight excluding hydrogens is 242 g/mol. The predicted octanol–water partition coefficient (Wildman–Crippen LogP) is 2.81. The Bertz CT molecular complexity index is 344. The van der Waals surface area contributed by atoms with Crippen molar-refractivity contribution in [3.63, 3.8) is 0 Å². The largest absolute Gasteiger partial charge is 0.297 e. The molecule has 2 aliphatic carbocycles. The second kappa shape index (κ2) is 2.61. The third-order valence-corrected chi connectivity index (χ3v) is 5.37. The Balaban J connectivity index is 2.47. The lowest BCUT2D eigenvalue weighted by Crippen LogP contribution is -2.42. The first kappa shape index (κ1) is 10.2. The molecule has 76 valence electrons. The van der Waals surface area contributed by atoms with Gasteiger partial charge in [0.05, 0.1) is 10.4 Å². The second-order valence-electron chi connectivity index (χ2n) is 5.21. The molecule has 2 fully saturated rings. The van der Waals surface area contributed by atoms with E-state index in [2.05, 4.69) is 22.0 Å². The van der Waals surface area contributed by atoms with E-state index < -0.39 is 0 Å². The maximum Gasteiger partial charge on any atom is 0.155 e. The lowest BCUT2D eigenvalue weighted by atomic mass is 9.63. The number of ketones is 1. The van der Waals surface area contributed by atoms with Gasteiger partial charge in [0.1, 0.15) is 0 Å². The third-order valence-electron chi connectivity index (χ3n) is 4.34. The van der Waals surface area contributed by atoms with Crippen LogP contribution in [0, 0.1) is 22.2 Å². The average Bonchev–Trinajstić information content (AvgIpc) is 2.50. The van der Waals surface area contributed by atoms with Gasteiger partial charge in [0.2, 0.25) is 0 Å². The molecule has 0 saturated heterocycles. The number of rotatable bonds is 1. The number of Topliss-reactive ketones (excluding diaryl/α,β-unsaturated/α-hetero) is 1. The smallest absolute Gasteiger partial charge is 0.155 e. The summed E-state index contributed by atoms with van der Waals surface area (Å²) in [5.74, 6) is 0.298. The second-order valence-corrected chi connectivity index (χ2v) is 6.73. The highest BCUT2D eigenvalue weighted by Crippen LogP contribution is 2.67. The molecule has 2 atom stereocenters. The van der Waals surface area contributed by atoms with Crippen molar-refractivity contribution in [2.24, 2.45) is 10.8 Å². The van der Waals surface area contributed by atoms with Crippen LogP contribution in [-0.2, 0) is 4.79 Å². The Morgan fingerprint density at radius 1 is 1.50 bits per heavy atom. The van der Waals surface area contributed by atoms with Crippen LogP contribution < -0.4 is 0 Å². The number of carbonyl (C=O) groups is 1. The zero-order chi connectivity index (χ0) is 10.6. The Labute approximate surface area is 92.8 Å². The summed E-state index contributed by atoms with van der Waals surface area (Å²) in [7, 11) is 0. The third kappa shape index (κ3) is 0.930. The minimum Gasteiger partial charge on any atom is -0.297 e. The molecule has 0 aromatic heterocycles. The van der Waals surface area contributed by atoms with Gasteiger partial charge in [0, 0.05) is 11.8 Å². The molecule has 3 heteroatoms. The molecule has 0 amide bonds. The molecule has 0 N–H and O–H groups in total. The van der Waals surface area contributed by atoms with Crippen molar-refractivity contribution in [2.75, 3.05) is 0 Å². The summed E-state index contributed by atoms with van der Waals surface area (Å²) in [5, 5.41) is 8.87. The molecule has 14 heavy (non-hydrogen) atoms. The molecule has 0 unspecified atom stereocenters. The Hall–Kier alpha value is -0.360. The van der Waals surface area contributed by atoms with Gasteiger partial charge in [-0.1, -0.05) is 29.8 Å². The molecule has 0 aliphatic heterocycles. The van der Waals surface area contributed by atoms with Crippen LogP contribution in [0.1, 0.15) is 39.5 Å². The van der Waals surface area contributed by atoms with Gasteiger partial charge in [0.15, 0.2) is 5.78 Å². The van der Waals surface area contributed by atoms with Crippen LogP contribution in [0.15, 0.2) is 0 Å². The van der Waals surface area contributed by atoms with E-state index in [1.54, 1.807) is 0 Å². The topological polar surface area (TPSA) is 40.9 Å². The molecule has 2 nitrogen and oxygen atoms in total. The number of alkyl halides is 1. The molecule has 2 aliphatic rings. The molecule has 2 bridgehead atoms. The predicted molar refractivity (Wildman–Crippen MR) is 57.0 cm³/mol. The molecule has 0 aromatic rings. The fourth-order valence-electron chi connectivity index (χ4n) is 3.20. The van der Waals surface area contributed by atoms with Crippen molar-refractivity contribution in [2.45, 2.75) is 43.9 Å². The van der Waals surface area contributed by atoms with Gasteiger partial charge in [0.25, 0.3) is 0 Å². The minimum atomic E-state index is -0.329. The monoisotopic (exact) mass is 255 g/mol. The van der Waals surface area contributed by atoms with Crippen LogP contribution in [0.25, 0.3) is 0 Å². The summed E-state index contributed by atoms with van der Waals surface area (Å²) in [5.41, 5.74) is -0.396. The molecule has 0 aromatic carbocycles. The van der Waals surface area contributed by atoms with E-state index >= 15 is 0 Å². The summed E-state index contributed by atoms with van der Waals surface area (Å²) < 4.78 is -0.312. The van der Waals surface area contributed by atoms with E-state index in [1.165, 1.54) is 0 Å². The number of nitrogens with zero attached hydrogens (tertiary/aromatic N) is 1. The van der Waals surface area contributed by atoms with Crippen LogP contribution in [0.4, 0.5) is 0 Å². The van der Waals surface area contributed by atoms with E-state index in [9.17, 15) is 4.79 Å². The van der Waals surface area contributed by atoms with E-state index in [0.717, 1.165) is 19.3 Å². The number of hydrogen-bond donors (Lipinski definition) is 0. The SMILES string of the molecule is CC1(C)C(=O)[C@@]2(Br)CC[C@]1(CC#N)C2. The first-order chi connectivity index (χ1) is 6.38. The highest BCUT2D eigenvalue weighted by atomic mass is 79.9. The van der Waals surface area contributed by atoms with Gasteiger partial charge in [-0.3, -0.25) is 4.79 Å². The zero-order valence-electron chi connectivity index (χ0n) is 8.56. The van der Waals surface area contributed by atoms with Crippen molar-refractivity contribution in [1.29, 1.82) is 5.26 Å². The first-order valence-electron chi connectivity index (χ1n) is 4.99. The number of fused-ring (bicyclic) bond motifs is 2. The van der Waals surface area contributed by atoms with Crippen molar-refractivity contribution in [3.8, 4) is 6.07 Å². The van der Waals surface area contributed by atoms with E-state index in [4.69, 9.17) is 5.26 Å². The zero-order valence-corrected chi connectivity index (χ0v) is 10.1. The lowest BCUT2D eigenvalue weighted by Gasteiger charge is -2.39. The maximum absolute atomic E-state index is 12.1. The van der Waals surface area contributed by atoms with Crippen LogP contribution in [0.2, 0.25) is 0 Å². The van der Waals surface area contributed by atoms with Crippen molar-refractivity contribution >= 4 is 21.7 Å². The Kier molecular flexibility index (Phi) is 1.89. The fraction of sp³-hybridized carbons (Fsp3) is 0.818. The van der Waals surface area contributed by atoms with Crippen LogP contribution in [0.5, 0.6) is 0 Å². The van der Waals surface area contributed by atoms with Crippen LogP contribution in [-0.4, -0.2) is 10.1 Å². The first-order valence-corrected chi connectivity index (χ1v) is 5.78. The van der Waals surface area contributed by atoms with Gasteiger partial charge in [-0.15, -0.1) is 0 Å². The van der Waals surface area contributed by atoms with E-state index in [0.29, 0.717) is 12.2 Å². The van der Waals surface area contributed by atoms with Gasteiger partial charge >= 0.3 is 0 Å². The van der Waals surface area contributed by atoms with Crippen molar-refractivity contribution in [1.82, 2.24) is 0 Å². The average molecular weight is 256 g/mol. The summed E-state index contributed by atoms with van der Waals surface area (Å²) in [6.07, 6.45) is 3.26. The van der Waals surface area contributed by atoms with E-state index in [-0.39, 0.29) is 15.2 Å². The summed E-state index contributed by atoms with van der Waals surface area (Å²) in [6, 6.07) is 2.25. The van der Waals surface area contributed by atoms with Gasteiger partial charge in [-0.2, -0.15) is 5.26 Å². The molecule has 2 saturated carbocycles. The number of nitriles is 1. The Morgan fingerprint density at radius 3 is 2.57 bits per heavy atom. The molecule has 0 heterocycles. The van der Waals surface area contributed by atoms with Crippen molar-refractivity contribution < 1.29 is 4.79 Å². The number of carbonyl (C=O) groups excluding carboxylic acids is 1. The highest BCUT2D eigenvalue weighted by Gasteiger charge is 2.68. The molecule has 0 spiro atoms. The summed E-state index contributed by atoms with van der Waals surface area (Å²) in [4.78, 5) is 12.1. The molecular formula is C11H14BrNO. The van der Waals surface area contributed by atoms with E-state index in [1.807, 2.05) is 13.8 Å². The standard InChI is InChI=1S/C11H14BrNO/c1-9(2)8(14)11(12)4-3-10(9,7-11)5-6-13/h3-5,7H2,1-2H3/t10-,11+/m0/s1. The normalized spacial score (nSPS) is 44.0. The van der Waals surface area contributed by atoms with Crippen molar-refractivity contribution in [3.05, 3.63) is 0 Å². The maximum atomic E-state index is 12.1. The fourth-order valence-corrected chi connectivity index (χ4v) is 4.43. The van der Waals surface area contributed by atoms with Gasteiger partial charge in [-0.25, -0.2) is 0 Å². The Morgan fingerprint density at radius 2 is 2.14 bits per heavy atom. The van der Waals surface area contributed by atoms with Crippen LogP contribution >= 0.6 is 15.9 Å². The molecule has 0 radical (unpaired) electrons. The minimum absolute atomic E-state index is 0.0671. The summed E-state index contributed by atoms with van der Waals surface area (Å²) in [6.45, 7) is 3.99. The van der Waals surface area contributed by atoms with Gasteiger partial charge < -0.3 is 0 Å². The summed E-state index contributed by atoms with van der Waals surface area (Å²) >= 11 is 3.57. The number of halogens is 1. The number of hydrogen-bond acceptors (Lipinski definition) is 2. The highest BCUT2D eigenvalue weighted by molar-refractivity contribution is 9.10. The lowest BCUT2D eigenvalue weighted by molar-refractivity contribution is -0.131.